The average Bonchev–Trinajstić information content (AvgIpc) is 3.03. The number of rotatable bonds is 6. The summed E-state index contributed by atoms with van der Waals surface area (Å²) < 4.78 is 5.29. The van der Waals surface area contributed by atoms with Crippen LogP contribution in [0.15, 0.2) is 12.1 Å². The molecule has 0 bridgehead atoms. The highest BCUT2D eigenvalue weighted by Gasteiger charge is 2.23. The lowest BCUT2D eigenvalue weighted by Crippen LogP contribution is -2.13. The van der Waals surface area contributed by atoms with Crippen molar-refractivity contribution in [3.05, 3.63) is 23.5 Å². The highest BCUT2D eigenvalue weighted by atomic mass is 15.1. The van der Waals surface area contributed by atoms with Gasteiger partial charge in [-0.1, -0.05) is 46.0 Å². The molecule has 1 fully saturated rings. The number of unbranched alkanes of at least 4 members (excludes halogenated alkanes) is 1. The lowest BCUT2D eigenvalue weighted by Gasteiger charge is -2.25. The number of fused-ring (bicyclic) bond motifs is 1. The molecule has 0 spiro atoms. The molecule has 1 aliphatic rings. The number of hydrogen-bond donors (Lipinski definition) is 0. The normalized spacial score (nSPS) is 17.9. The van der Waals surface area contributed by atoms with Crippen LogP contribution in [0.1, 0.15) is 95.1 Å². The van der Waals surface area contributed by atoms with Gasteiger partial charge in [0.1, 0.15) is 0 Å². The molecule has 2 heteroatoms. The van der Waals surface area contributed by atoms with Gasteiger partial charge in [-0.05, 0) is 51.7 Å². The second-order valence-corrected chi connectivity index (χ2v) is 7.58. The fourth-order valence-electron chi connectivity index (χ4n) is 4.71. The third-order valence-corrected chi connectivity index (χ3v) is 5.90. The Balaban J connectivity index is 2.02. The lowest BCUT2D eigenvalue weighted by atomic mass is 9.95. The SMILES string of the molecule is CCCCC(CC)n1c(C)cc2c1cc(C)n2C1CCCCC1. The van der Waals surface area contributed by atoms with Gasteiger partial charge in [0.25, 0.3) is 0 Å². The van der Waals surface area contributed by atoms with E-state index in [0.29, 0.717) is 6.04 Å². The van der Waals surface area contributed by atoms with Crippen LogP contribution < -0.4 is 0 Å². The Kier molecular flexibility index (Phi) is 5.18. The summed E-state index contributed by atoms with van der Waals surface area (Å²) in [5.74, 6) is 0. The van der Waals surface area contributed by atoms with Crippen molar-refractivity contribution >= 4 is 11.0 Å². The lowest BCUT2D eigenvalue weighted by molar-refractivity contribution is 0.357. The number of aryl methyl sites for hydroxylation is 2. The van der Waals surface area contributed by atoms with E-state index in [-0.39, 0.29) is 0 Å². The smallest absolute Gasteiger partial charge is 0.0670 e. The second-order valence-electron chi connectivity index (χ2n) is 7.58. The highest BCUT2D eigenvalue weighted by Crippen LogP contribution is 2.36. The van der Waals surface area contributed by atoms with Crippen LogP contribution in [-0.4, -0.2) is 9.13 Å². The first-order chi connectivity index (χ1) is 11.2. The van der Waals surface area contributed by atoms with Crippen LogP contribution >= 0.6 is 0 Å². The standard InChI is InChI=1S/C21H34N2/c1-5-7-11-18(6-2)22-16(3)14-21-20(22)15-17(4)23(21)19-12-9-8-10-13-19/h14-15,18-19H,5-13H2,1-4H3. The van der Waals surface area contributed by atoms with Crippen molar-refractivity contribution in [1.82, 2.24) is 9.13 Å². The first kappa shape index (κ1) is 16.7. The number of hydrogen-bond acceptors (Lipinski definition) is 0. The summed E-state index contributed by atoms with van der Waals surface area (Å²) in [6.07, 6.45) is 12.1. The molecule has 0 amide bonds. The highest BCUT2D eigenvalue weighted by molar-refractivity contribution is 5.80. The van der Waals surface area contributed by atoms with Gasteiger partial charge in [0.2, 0.25) is 0 Å². The topological polar surface area (TPSA) is 9.86 Å². The van der Waals surface area contributed by atoms with E-state index in [1.165, 1.54) is 80.2 Å². The molecule has 2 aromatic rings. The van der Waals surface area contributed by atoms with E-state index in [1.54, 1.807) is 0 Å². The van der Waals surface area contributed by atoms with Crippen LogP contribution in [0.25, 0.3) is 11.0 Å². The van der Waals surface area contributed by atoms with Crippen LogP contribution in [0.4, 0.5) is 0 Å². The molecule has 23 heavy (non-hydrogen) atoms. The van der Waals surface area contributed by atoms with E-state index >= 15 is 0 Å². The summed E-state index contributed by atoms with van der Waals surface area (Å²) in [7, 11) is 0. The summed E-state index contributed by atoms with van der Waals surface area (Å²) in [5, 5.41) is 0. The maximum Gasteiger partial charge on any atom is 0.0670 e. The molecular formula is C21H34N2. The Morgan fingerprint density at radius 3 is 2.35 bits per heavy atom. The molecule has 2 aromatic heterocycles. The summed E-state index contributed by atoms with van der Waals surface area (Å²) >= 11 is 0. The van der Waals surface area contributed by atoms with E-state index in [4.69, 9.17) is 0 Å². The Hall–Kier alpha value is -1.18. The molecule has 3 rings (SSSR count). The monoisotopic (exact) mass is 314 g/mol. The quantitative estimate of drug-likeness (QED) is 0.561. The van der Waals surface area contributed by atoms with Crippen molar-refractivity contribution in [2.45, 2.75) is 97.6 Å². The molecule has 1 aliphatic carbocycles. The largest absolute Gasteiger partial charge is 0.341 e. The van der Waals surface area contributed by atoms with Crippen molar-refractivity contribution in [2.75, 3.05) is 0 Å². The molecule has 0 N–H and O–H groups in total. The van der Waals surface area contributed by atoms with E-state index in [2.05, 4.69) is 49.0 Å². The fourth-order valence-corrected chi connectivity index (χ4v) is 4.71. The van der Waals surface area contributed by atoms with Gasteiger partial charge < -0.3 is 9.13 Å². The van der Waals surface area contributed by atoms with Gasteiger partial charge in [-0.3, -0.25) is 0 Å². The van der Waals surface area contributed by atoms with Gasteiger partial charge in [0.15, 0.2) is 0 Å². The molecule has 0 saturated heterocycles. The van der Waals surface area contributed by atoms with Crippen molar-refractivity contribution in [3.63, 3.8) is 0 Å². The molecule has 2 nitrogen and oxygen atoms in total. The fraction of sp³-hybridized carbons (Fsp3) is 0.714. The van der Waals surface area contributed by atoms with Gasteiger partial charge in [-0.25, -0.2) is 0 Å². The molecular weight excluding hydrogens is 280 g/mol. The van der Waals surface area contributed by atoms with Gasteiger partial charge in [0, 0.05) is 23.5 Å². The Bertz CT molecular complexity index is 640. The molecule has 0 aliphatic heterocycles. The first-order valence-electron chi connectivity index (χ1n) is 9.86. The molecule has 128 valence electrons. The molecule has 0 aromatic carbocycles. The molecule has 2 heterocycles. The summed E-state index contributed by atoms with van der Waals surface area (Å²) in [6.45, 7) is 9.25. The minimum absolute atomic E-state index is 0.661. The molecule has 1 saturated carbocycles. The summed E-state index contributed by atoms with van der Waals surface area (Å²) in [6, 6.07) is 6.29. The summed E-state index contributed by atoms with van der Waals surface area (Å²) in [4.78, 5) is 0. The molecule has 0 radical (unpaired) electrons. The van der Waals surface area contributed by atoms with Crippen LogP contribution in [-0.2, 0) is 0 Å². The zero-order valence-electron chi connectivity index (χ0n) is 15.6. The van der Waals surface area contributed by atoms with Crippen molar-refractivity contribution in [2.24, 2.45) is 0 Å². The molecule has 1 unspecified atom stereocenters. The predicted molar refractivity (Wildman–Crippen MR) is 100 cm³/mol. The Morgan fingerprint density at radius 1 is 1.00 bits per heavy atom. The first-order valence-corrected chi connectivity index (χ1v) is 9.86. The Morgan fingerprint density at radius 2 is 1.70 bits per heavy atom. The van der Waals surface area contributed by atoms with Crippen LogP contribution in [0.2, 0.25) is 0 Å². The number of nitrogens with zero attached hydrogens (tertiary/aromatic N) is 2. The number of aromatic nitrogens is 2. The minimum atomic E-state index is 0.661. The van der Waals surface area contributed by atoms with E-state index in [0.717, 1.165) is 6.04 Å². The van der Waals surface area contributed by atoms with E-state index in [9.17, 15) is 0 Å². The zero-order valence-corrected chi connectivity index (χ0v) is 15.6. The minimum Gasteiger partial charge on any atom is -0.341 e. The zero-order chi connectivity index (χ0) is 16.4. The van der Waals surface area contributed by atoms with Crippen molar-refractivity contribution in [1.29, 1.82) is 0 Å². The third kappa shape index (κ3) is 3.09. The van der Waals surface area contributed by atoms with Gasteiger partial charge in [-0.15, -0.1) is 0 Å². The van der Waals surface area contributed by atoms with Gasteiger partial charge in [-0.2, -0.15) is 0 Å². The van der Waals surface area contributed by atoms with Crippen molar-refractivity contribution in [3.8, 4) is 0 Å². The predicted octanol–water partition coefficient (Wildman–Crippen LogP) is 6.71. The summed E-state index contributed by atoms with van der Waals surface area (Å²) in [5.41, 5.74) is 5.87. The second kappa shape index (κ2) is 7.15. The third-order valence-electron chi connectivity index (χ3n) is 5.90. The molecule has 1 atom stereocenters. The maximum absolute atomic E-state index is 2.66. The van der Waals surface area contributed by atoms with E-state index in [1.807, 2.05) is 0 Å². The van der Waals surface area contributed by atoms with Crippen LogP contribution in [0.3, 0.4) is 0 Å². The van der Waals surface area contributed by atoms with Crippen LogP contribution in [0.5, 0.6) is 0 Å². The maximum atomic E-state index is 2.66. The van der Waals surface area contributed by atoms with Crippen LogP contribution in [0, 0.1) is 13.8 Å². The van der Waals surface area contributed by atoms with Gasteiger partial charge >= 0.3 is 0 Å². The van der Waals surface area contributed by atoms with Crippen molar-refractivity contribution < 1.29 is 0 Å². The Labute approximate surface area is 141 Å². The van der Waals surface area contributed by atoms with Gasteiger partial charge in [0.05, 0.1) is 11.0 Å². The van der Waals surface area contributed by atoms with E-state index < -0.39 is 0 Å². The average molecular weight is 315 g/mol.